The molecule has 6 heteroatoms. The van der Waals surface area contributed by atoms with Gasteiger partial charge in [0.1, 0.15) is 5.60 Å². The fourth-order valence-electron chi connectivity index (χ4n) is 2.42. The molecular weight excluding hydrogens is 443 g/mol. The van der Waals surface area contributed by atoms with E-state index >= 15 is 0 Å². The predicted octanol–water partition coefficient (Wildman–Crippen LogP) is 4.31. The van der Waals surface area contributed by atoms with E-state index in [1.807, 2.05) is 36.4 Å². The highest BCUT2D eigenvalue weighted by molar-refractivity contribution is 9.10. The van der Waals surface area contributed by atoms with E-state index in [4.69, 9.17) is 9.47 Å². The summed E-state index contributed by atoms with van der Waals surface area (Å²) in [7, 11) is 0. The van der Waals surface area contributed by atoms with Gasteiger partial charge < -0.3 is 14.6 Å². The molecule has 24 heavy (non-hydrogen) atoms. The van der Waals surface area contributed by atoms with Gasteiger partial charge in [0.05, 0.1) is 26.4 Å². The Kier molecular flexibility index (Phi) is 5.42. The first-order chi connectivity index (χ1) is 11.4. The maximum atomic E-state index is 13.6. The molecule has 1 N–H and O–H groups in total. The lowest BCUT2D eigenvalue weighted by atomic mass is 9.92. The van der Waals surface area contributed by atoms with Crippen LogP contribution in [0.4, 0.5) is 4.39 Å². The van der Waals surface area contributed by atoms with Gasteiger partial charge in [0.25, 0.3) is 0 Å². The molecule has 0 radical (unpaired) electrons. The highest BCUT2D eigenvalue weighted by Crippen LogP contribution is 2.34. The lowest BCUT2D eigenvalue weighted by Gasteiger charge is -2.36. The third-order valence-corrected chi connectivity index (χ3v) is 5.14. The summed E-state index contributed by atoms with van der Waals surface area (Å²) in [6, 6.07) is 14.9. The number of hydrogen-bond donors (Lipinski definition) is 1. The van der Waals surface area contributed by atoms with Crippen LogP contribution in [0.25, 0.3) is 0 Å². The van der Waals surface area contributed by atoms with Crippen LogP contribution in [-0.2, 0) is 20.7 Å². The van der Waals surface area contributed by atoms with Crippen molar-refractivity contribution in [2.45, 2.75) is 11.3 Å². The Morgan fingerprint density at radius 1 is 0.750 bits per heavy atom. The molecule has 0 unspecified atom stereocenters. The van der Waals surface area contributed by atoms with Crippen LogP contribution in [0.1, 0.15) is 11.1 Å². The molecule has 0 aromatic heterocycles. The number of hydrogen-bond acceptors (Lipinski definition) is 3. The van der Waals surface area contributed by atoms with Gasteiger partial charge in [-0.15, -0.1) is 0 Å². The zero-order valence-electron chi connectivity index (χ0n) is 12.8. The third-order valence-electron chi connectivity index (χ3n) is 4.09. The Morgan fingerprint density at radius 2 is 1.17 bits per heavy atom. The molecule has 2 aliphatic rings. The first-order valence-electron chi connectivity index (χ1n) is 7.50. The number of alkyl halides is 1. The number of ether oxygens (including phenoxy) is 2. The molecule has 4 rings (SSSR count). The minimum absolute atomic E-state index is 0.189. The maximum Gasteiger partial charge on any atom is 0.182 e. The van der Waals surface area contributed by atoms with Crippen LogP contribution < -0.4 is 0 Å². The number of rotatable bonds is 2. The molecule has 2 heterocycles. The van der Waals surface area contributed by atoms with E-state index in [2.05, 4.69) is 31.9 Å². The van der Waals surface area contributed by atoms with Crippen LogP contribution in [0.5, 0.6) is 0 Å². The molecule has 0 atom stereocenters. The van der Waals surface area contributed by atoms with Crippen molar-refractivity contribution in [1.29, 1.82) is 0 Å². The lowest BCUT2D eigenvalue weighted by Crippen LogP contribution is -2.46. The van der Waals surface area contributed by atoms with Gasteiger partial charge in [-0.2, -0.15) is 0 Å². The van der Waals surface area contributed by atoms with Crippen molar-refractivity contribution in [3.05, 3.63) is 68.6 Å². The fraction of sp³-hybridized carbons (Fsp3) is 0.333. The van der Waals surface area contributed by atoms with Crippen LogP contribution in [-0.4, -0.2) is 31.5 Å². The van der Waals surface area contributed by atoms with Gasteiger partial charge in [-0.05, 0) is 35.4 Å². The third kappa shape index (κ3) is 3.89. The first-order valence-corrected chi connectivity index (χ1v) is 9.09. The van der Waals surface area contributed by atoms with Crippen LogP contribution >= 0.6 is 31.9 Å². The van der Waals surface area contributed by atoms with Gasteiger partial charge in [-0.3, -0.25) is 0 Å². The maximum absolute atomic E-state index is 13.6. The molecule has 0 amide bonds. The normalized spacial score (nSPS) is 20.2. The summed E-state index contributed by atoms with van der Waals surface area (Å²) in [5, 5.41) is 9.83. The zero-order chi connectivity index (χ0) is 17.2. The minimum atomic E-state index is -1.24. The quantitative estimate of drug-likeness (QED) is 0.727. The summed E-state index contributed by atoms with van der Waals surface area (Å²) < 4.78 is 25.4. The summed E-state index contributed by atoms with van der Waals surface area (Å²) in [6.45, 7) is 1.20. The molecular formula is C18H17Br2FO3. The molecule has 0 aliphatic carbocycles. The van der Waals surface area contributed by atoms with Crippen LogP contribution in [0, 0.1) is 0 Å². The second-order valence-electron chi connectivity index (χ2n) is 6.00. The average Bonchev–Trinajstić information content (AvgIpc) is 2.52. The standard InChI is InChI=1S/C9H8BrFO.C9H9BrO2/c2*10-8-3-1-7(2-4-8)9(11)5-12-6-9/h1-4H,5-6H2;1-4,11H,5-6H2. The van der Waals surface area contributed by atoms with E-state index in [1.165, 1.54) is 0 Å². The number of halogens is 3. The highest BCUT2D eigenvalue weighted by Gasteiger charge is 2.40. The van der Waals surface area contributed by atoms with E-state index in [1.54, 1.807) is 12.1 Å². The molecule has 0 saturated carbocycles. The molecule has 2 saturated heterocycles. The van der Waals surface area contributed by atoms with E-state index in [0.29, 0.717) is 18.8 Å². The Labute approximate surface area is 157 Å². The van der Waals surface area contributed by atoms with Gasteiger partial charge in [-0.1, -0.05) is 56.1 Å². The summed E-state index contributed by atoms with van der Waals surface area (Å²) in [5.41, 5.74) is -0.338. The predicted molar refractivity (Wildman–Crippen MR) is 96.6 cm³/mol. The van der Waals surface area contributed by atoms with Gasteiger partial charge in [0.2, 0.25) is 0 Å². The van der Waals surface area contributed by atoms with E-state index in [0.717, 1.165) is 14.5 Å². The van der Waals surface area contributed by atoms with Gasteiger partial charge in [0, 0.05) is 8.95 Å². The largest absolute Gasteiger partial charge is 0.380 e. The topological polar surface area (TPSA) is 38.7 Å². The zero-order valence-corrected chi connectivity index (χ0v) is 16.0. The SMILES string of the molecule is FC1(c2ccc(Br)cc2)COC1.OC1(c2ccc(Br)cc2)COC1. The molecule has 0 spiro atoms. The number of aliphatic hydroxyl groups is 1. The monoisotopic (exact) mass is 458 g/mol. The molecule has 0 bridgehead atoms. The minimum Gasteiger partial charge on any atom is -0.380 e. The average molecular weight is 460 g/mol. The molecule has 2 aliphatic heterocycles. The smallest absolute Gasteiger partial charge is 0.182 e. The Balaban J connectivity index is 0.000000141. The van der Waals surface area contributed by atoms with Crippen molar-refractivity contribution in [3.63, 3.8) is 0 Å². The summed E-state index contributed by atoms with van der Waals surface area (Å²) >= 11 is 6.64. The highest BCUT2D eigenvalue weighted by atomic mass is 79.9. The van der Waals surface area contributed by atoms with Crippen LogP contribution in [0.3, 0.4) is 0 Å². The van der Waals surface area contributed by atoms with E-state index < -0.39 is 11.3 Å². The van der Waals surface area contributed by atoms with Crippen molar-refractivity contribution in [2.24, 2.45) is 0 Å². The summed E-state index contributed by atoms with van der Waals surface area (Å²) in [6.07, 6.45) is 0. The molecule has 128 valence electrons. The molecule has 2 aromatic carbocycles. The van der Waals surface area contributed by atoms with E-state index in [-0.39, 0.29) is 13.2 Å². The van der Waals surface area contributed by atoms with Crippen molar-refractivity contribution >= 4 is 31.9 Å². The van der Waals surface area contributed by atoms with Crippen molar-refractivity contribution in [1.82, 2.24) is 0 Å². The molecule has 3 nitrogen and oxygen atoms in total. The Hall–Kier alpha value is -0.790. The molecule has 2 fully saturated rings. The first kappa shape index (κ1) is 18.0. The number of benzene rings is 2. The summed E-state index contributed by atoms with van der Waals surface area (Å²) in [4.78, 5) is 0. The van der Waals surface area contributed by atoms with Crippen LogP contribution in [0.2, 0.25) is 0 Å². The fourth-order valence-corrected chi connectivity index (χ4v) is 2.95. The van der Waals surface area contributed by atoms with Crippen LogP contribution in [0.15, 0.2) is 57.5 Å². The second-order valence-corrected chi connectivity index (χ2v) is 7.83. The van der Waals surface area contributed by atoms with Crippen molar-refractivity contribution in [3.8, 4) is 0 Å². The van der Waals surface area contributed by atoms with Gasteiger partial charge in [-0.25, -0.2) is 4.39 Å². The van der Waals surface area contributed by atoms with Gasteiger partial charge >= 0.3 is 0 Å². The van der Waals surface area contributed by atoms with Gasteiger partial charge in [0.15, 0.2) is 5.67 Å². The van der Waals surface area contributed by atoms with Crippen molar-refractivity contribution < 1.29 is 19.0 Å². The second kappa shape index (κ2) is 7.22. The Morgan fingerprint density at radius 3 is 1.50 bits per heavy atom. The van der Waals surface area contributed by atoms with E-state index in [9.17, 15) is 9.50 Å². The summed E-state index contributed by atoms with van der Waals surface area (Å²) in [5.74, 6) is 0. The molecule has 2 aromatic rings. The van der Waals surface area contributed by atoms with Crippen molar-refractivity contribution in [2.75, 3.05) is 26.4 Å². The Bertz CT molecular complexity index is 619. The lowest BCUT2D eigenvalue weighted by molar-refractivity contribution is -0.184.